The molecule has 4 nitrogen and oxygen atoms in total. The molecule has 2 aromatic rings. The first-order valence-corrected chi connectivity index (χ1v) is 7.04. The van der Waals surface area contributed by atoms with Crippen molar-refractivity contribution < 1.29 is 4.74 Å². The summed E-state index contributed by atoms with van der Waals surface area (Å²) in [6.45, 7) is 3.62. The molecular weight excluding hydrogens is 264 g/mol. The predicted octanol–water partition coefficient (Wildman–Crippen LogP) is 2.38. The first kappa shape index (κ1) is 15.1. The third-order valence-electron chi connectivity index (χ3n) is 3.05. The Morgan fingerprint density at radius 1 is 1.14 bits per heavy atom. The zero-order valence-electron chi connectivity index (χ0n) is 12.2. The van der Waals surface area contributed by atoms with Crippen molar-refractivity contribution in [3.05, 3.63) is 64.1 Å². The maximum Gasteiger partial charge on any atom is 0.251 e. The number of hydrogen-bond donors (Lipinski definition) is 1. The van der Waals surface area contributed by atoms with E-state index in [0.29, 0.717) is 19.7 Å². The van der Waals surface area contributed by atoms with E-state index < -0.39 is 0 Å². The van der Waals surface area contributed by atoms with Crippen LogP contribution in [-0.2, 0) is 6.54 Å². The molecule has 0 saturated carbocycles. The number of hydrogen-bond acceptors (Lipinski definition) is 3. The zero-order chi connectivity index (χ0) is 15.1. The van der Waals surface area contributed by atoms with Crippen molar-refractivity contribution >= 4 is 12.2 Å². The van der Waals surface area contributed by atoms with Gasteiger partial charge in [-0.15, -0.1) is 0 Å². The molecule has 1 aromatic heterocycles. The molecule has 0 atom stereocenters. The summed E-state index contributed by atoms with van der Waals surface area (Å²) in [5.74, 6) is 0.860. The summed E-state index contributed by atoms with van der Waals surface area (Å²) in [7, 11) is 0. The van der Waals surface area contributed by atoms with Crippen molar-refractivity contribution in [2.75, 3.05) is 13.2 Å². The second kappa shape index (κ2) is 7.45. The van der Waals surface area contributed by atoms with Crippen molar-refractivity contribution in [3.8, 4) is 5.75 Å². The van der Waals surface area contributed by atoms with Crippen LogP contribution in [0, 0.1) is 0 Å². The Morgan fingerprint density at radius 2 is 1.86 bits per heavy atom. The van der Waals surface area contributed by atoms with Gasteiger partial charge in [-0.25, -0.2) is 0 Å². The standard InChI is InChI=1S/C17H20N2O2/c1-2-21-16-7-5-14(6-8-16)3-4-15-9-11-19(12-10-18)17(20)13-15/h3-9,11,13H,2,10,12,18H2,1H3/b4-3+. The molecule has 0 saturated heterocycles. The van der Waals surface area contributed by atoms with Gasteiger partial charge in [0.05, 0.1) is 6.61 Å². The van der Waals surface area contributed by atoms with Crippen LogP contribution < -0.4 is 16.0 Å². The minimum Gasteiger partial charge on any atom is -0.494 e. The molecular formula is C17H20N2O2. The van der Waals surface area contributed by atoms with Crippen LogP contribution in [0.5, 0.6) is 5.75 Å². The van der Waals surface area contributed by atoms with E-state index in [1.165, 1.54) is 0 Å². The van der Waals surface area contributed by atoms with E-state index in [9.17, 15) is 4.79 Å². The first-order chi connectivity index (χ1) is 10.2. The highest BCUT2D eigenvalue weighted by Gasteiger charge is 1.96. The molecule has 110 valence electrons. The largest absolute Gasteiger partial charge is 0.494 e. The number of nitrogens with two attached hydrogens (primary N) is 1. The number of rotatable bonds is 6. The van der Waals surface area contributed by atoms with E-state index >= 15 is 0 Å². The van der Waals surface area contributed by atoms with Crippen LogP contribution in [0.25, 0.3) is 12.2 Å². The molecule has 21 heavy (non-hydrogen) atoms. The molecule has 0 unspecified atom stereocenters. The molecule has 1 aromatic carbocycles. The Bertz CT molecular complexity index is 657. The van der Waals surface area contributed by atoms with Crippen molar-refractivity contribution in [1.29, 1.82) is 0 Å². The lowest BCUT2D eigenvalue weighted by atomic mass is 10.1. The van der Waals surface area contributed by atoms with Gasteiger partial charge in [-0.2, -0.15) is 0 Å². The van der Waals surface area contributed by atoms with Crippen LogP contribution in [0.1, 0.15) is 18.1 Å². The maximum absolute atomic E-state index is 11.8. The number of nitrogens with zero attached hydrogens (tertiary/aromatic N) is 1. The third kappa shape index (κ3) is 4.33. The van der Waals surface area contributed by atoms with Gasteiger partial charge in [-0.3, -0.25) is 4.79 Å². The Kier molecular flexibility index (Phi) is 5.35. The lowest BCUT2D eigenvalue weighted by Crippen LogP contribution is -2.22. The SMILES string of the molecule is CCOc1ccc(/C=C/c2ccn(CCN)c(=O)c2)cc1. The fourth-order valence-electron chi connectivity index (χ4n) is 1.98. The van der Waals surface area contributed by atoms with Crippen molar-refractivity contribution in [2.45, 2.75) is 13.5 Å². The van der Waals surface area contributed by atoms with Crippen LogP contribution in [0.3, 0.4) is 0 Å². The van der Waals surface area contributed by atoms with Gasteiger partial charge in [0, 0.05) is 25.4 Å². The normalized spacial score (nSPS) is 11.0. The highest BCUT2D eigenvalue weighted by molar-refractivity contribution is 5.69. The summed E-state index contributed by atoms with van der Waals surface area (Å²) in [6.07, 6.45) is 5.66. The highest BCUT2D eigenvalue weighted by atomic mass is 16.5. The van der Waals surface area contributed by atoms with E-state index in [1.54, 1.807) is 16.8 Å². The Labute approximate surface area is 124 Å². The molecule has 0 aliphatic rings. The van der Waals surface area contributed by atoms with Gasteiger partial charge >= 0.3 is 0 Å². The summed E-state index contributed by atoms with van der Waals surface area (Å²) in [5, 5.41) is 0. The molecule has 0 radical (unpaired) electrons. The van der Waals surface area contributed by atoms with Crippen LogP contribution in [0.2, 0.25) is 0 Å². The highest BCUT2D eigenvalue weighted by Crippen LogP contribution is 2.14. The molecule has 2 N–H and O–H groups in total. The molecule has 0 amide bonds. The molecule has 0 spiro atoms. The molecule has 0 fully saturated rings. The number of aromatic nitrogens is 1. The Hall–Kier alpha value is -2.33. The van der Waals surface area contributed by atoms with Gasteiger partial charge in [0.1, 0.15) is 5.75 Å². The van der Waals surface area contributed by atoms with Gasteiger partial charge < -0.3 is 15.0 Å². The van der Waals surface area contributed by atoms with Crippen LogP contribution in [-0.4, -0.2) is 17.7 Å². The lowest BCUT2D eigenvalue weighted by Gasteiger charge is -2.03. The van der Waals surface area contributed by atoms with Crippen LogP contribution in [0.4, 0.5) is 0 Å². The van der Waals surface area contributed by atoms with Crippen LogP contribution >= 0.6 is 0 Å². The average Bonchev–Trinajstić information content (AvgIpc) is 2.49. The second-order valence-electron chi connectivity index (χ2n) is 4.62. The van der Waals surface area contributed by atoms with Gasteiger partial charge in [0.2, 0.25) is 0 Å². The van der Waals surface area contributed by atoms with E-state index in [4.69, 9.17) is 10.5 Å². The third-order valence-corrected chi connectivity index (χ3v) is 3.05. The molecule has 1 heterocycles. The summed E-state index contributed by atoms with van der Waals surface area (Å²) >= 11 is 0. The monoisotopic (exact) mass is 284 g/mol. The van der Waals surface area contributed by atoms with Crippen molar-refractivity contribution in [2.24, 2.45) is 5.73 Å². The van der Waals surface area contributed by atoms with Crippen molar-refractivity contribution in [3.63, 3.8) is 0 Å². The number of benzene rings is 1. The molecule has 4 heteroatoms. The maximum atomic E-state index is 11.8. The minimum atomic E-state index is -0.0331. The second-order valence-corrected chi connectivity index (χ2v) is 4.62. The molecule has 0 aliphatic carbocycles. The summed E-state index contributed by atoms with van der Waals surface area (Å²) < 4.78 is 7.00. The number of ether oxygens (including phenoxy) is 1. The summed E-state index contributed by atoms with van der Waals surface area (Å²) in [5.41, 5.74) is 7.36. The number of pyridine rings is 1. The van der Waals surface area contributed by atoms with Gasteiger partial charge in [0.25, 0.3) is 5.56 Å². The van der Waals surface area contributed by atoms with Crippen LogP contribution in [0.15, 0.2) is 47.4 Å². The van der Waals surface area contributed by atoms with E-state index in [2.05, 4.69) is 0 Å². The van der Waals surface area contributed by atoms with Gasteiger partial charge in [0.15, 0.2) is 0 Å². The fourth-order valence-corrected chi connectivity index (χ4v) is 1.98. The fraction of sp³-hybridized carbons (Fsp3) is 0.235. The van der Waals surface area contributed by atoms with Gasteiger partial charge in [-0.1, -0.05) is 24.3 Å². The topological polar surface area (TPSA) is 57.2 Å². The predicted molar refractivity (Wildman–Crippen MR) is 86.3 cm³/mol. The molecule has 0 bridgehead atoms. The van der Waals surface area contributed by atoms with E-state index in [1.807, 2.05) is 49.4 Å². The lowest BCUT2D eigenvalue weighted by molar-refractivity contribution is 0.340. The zero-order valence-corrected chi connectivity index (χ0v) is 12.2. The van der Waals surface area contributed by atoms with Gasteiger partial charge in [-0.05, 0) is 36.2 Å². The Balaban J connectivity index is 2.10. The quantitative estimate of drug-likeness (QED) is 0.886. The summed E-state index contributed by atoms with van der Waals surface area (Å²) in [4.78, 5) is 11.8. The smallest absolute Gasteiger partial charge is 0.251 e. The molecule has 2 rings (SSSR count). The van der Waals surface area contributed by atoms with Crippen molar-refractivity contribution in [1.82, 2.24) is 4.57 Å². The minimum absolute atomic E-state index is 0.0331. The first-order valence-electron chi connectivity index (χ1n) is 7.04. The average molecular weight is 284 g/mol. The van der Waals surface area contributed by atoms with E-state index in [0.717, 1.165) is 16.9 Å². The molecule has 0 aliphatic heterocycles. The summed E-state index contributed by atoms with van der Waals surface area (Å²) in [6, 6.07) is 11.3. The van der Waals surface area contributed by atoms with E-state index in [-0.39, 0.29) is 5.56 Å². The Morgan fingerprint density at radius 3 is 2.48 bits per heavy atom.